The van der Waals surface area contributed by atoms with E-state index in [2.05, 4.69) is 6.92 Å². The van der Waals surface area contributed by atoms with Gasteiger partial charge in [-0.15, -0.1) is 0 Å². The summed E-state index contributed by atoms with van der Waals surface area (Å²) in [6.07, 6.45) is 2.99. The Hall–Kier alpha value is -0.950. The Kier molecular flexibility index (Phi) is 7.15. The molecule has 1 saturated heterocycles. The molecule has 0 aromatic rings. The molecule has 7 heteroatoms. The van der Waals surface area contributed by atoms with E-state index in [9.17, 15) is 9.59 Å². The molecule has 1 rings (SSSR count). The van der Waals surface area contributed by atoms with Crippen molar-refractivity contribution in [2.24, 2.45) is 0 Å². The molecule has 0 bridgehead atoms. The van der Waals surface area contributed by atoms with Gasteiger partial charge in [0.25, 0.3) is 0 Å². The molecule has 1 heterocycles. The topological polar surface area (TPSA) is 64.1 Å². The number of hydrogen-bond acceptors (Lipinski definition) is 4. The number of aliphatic carboxylic acids is 1. The molecule has 1 fully saturated rings. The summed E-state index contributed by atoms with van der Waals surface area (Å²) in [6, 6.07) is 0.315. The average molecular weight is 303 g/mol. The number of thioether (sulfide) groups is 1. The molecule has 6 nitrogen and oxygen atoms in total. The second-order valence-corrected chi connectivity index (χ2v) is 5.98. The van der Waals surface area contributed by atoms with Crippen LogP contribution in [0.1, 0.15) is 13.3 Å². The number of urea groups is 1. The molecule has 1 N–H and O–H groups in total. The van der Waals surface area contributed by atoms with E-state index in [0.717, 1.165) is 12.2 Å². The molecule has 0 spiro atoms. The van der Waals surface area contributed by atoms with Crippen molar-refractivity contribution in [3.05, 3.63) is 0 Å². The Labute approximate surface area is 125 Å². The fourth-order valence-electron chi connectivity index (χ4n) is 2.36. The van der Waals surface area contributed by atoms with Gasteiger partial charge < -0.3 is 14.9 Å². The largest absolute Gasteiger partial charge is 0.480 e. The zero-order valence-electron chi connectivity index (χ0n) is 12.5. The van der Waals surface area contributed by atoms with Gasteiger partial charge >= 0.3 is 12.0 Å². The van der Waals surface area contributed by atoms with Crippen LogP contribution in [0.25, 0.3) is 0 Å². The maximum absolute atomic E-state index is 12.4. The number of carbonyl (C=O) groups excluding carboxylic acids is 1. The first kappa shape index (κ1) is 17.1. The third-order valence-electron chi connectivity index (χ3n) is 3.68. The van der Waals surface area contributed by atoms with Gasteiger partial charge in [0.15, 0.2) is 0 Å². The summed E-state index contributed by atoms with van der Waals surface area (Å²) in [5.74, 6) is 0.130. The minimum absolute atomic E-state index is 0.0564. The molecular formula is C13H25N3O3S. The second kappa shape index (κ2) is 8.36. The highest BCUT2D eigenvalue weighted by Gasteiger charge is 2.27. The smallest absolute Gasteiger partial charge is 0.320 e. The van der Waals surface area contributed by atoms with Crippen LogP contribution < -0.4 is 0 Å². The first-order valence-electron chi connectivity index (χ1n) is 6.94. The number of rotatable bonds is 6. The standard InChI is InChI=1S/C13H25N3O3S/c1-4-11(10-20-3)14(2)13(19)16-7-5-15(6-8-16)9-12(17)18/h11H,4-10H2,1-3H3,(H,17,18). The van der Waals surface area contributed by atoms with Gasteiger partial charge in [-0.25, -0.2) is 4.79 Å². The zero-order chi connectivity index (χ0) is 15.1. The van der Waals surface area contributed by atoms with Crippen LogP contribution >= 0.6 is 11.8 Å². The van der Waals surface area contributed by atoms with Gasteiger partial charge in [0.2, 0.25) is 0 Å². The molecule has 1 aliphatic heterocycles. The average Bonchev–Trinajstić information content (AvgIpc) is 2.43. The fraction of sp³-hybridized carbons (Fsp3) is 0.846. The molecule has 20 heavy (non-hydrogen) atoms. The Morgan fingerprint density at radius 1 is 1.30 bits per heavy atom. The van der Waals surface area contributed by atoms with E-state index in [0.29, 0.717) is 26.2 Å². The van der Waals surface area contributed by atoms with E-state index < -0.39 is 5.97 Å². The molecule has 116 valence electrons. The van der Waals surface area contributed by atoms with Crippen LogP contribution in [0, 0.1) is 0 Å². The second-order valence-electron chi connectivity index (χ2n) is 5.07. The maximum Gasteiger partial charge on any atom is 0.320 e. The highest BCUT2D eigenvalue weighted by molar-refractivity contribution is 7.98. The molecule has 2 amide bonds. The van der Waals surface area contributed by atoms with Crippen molar-refractivity contribution in [2.45, 2.75) is 19.4 Å². The third kappa shape index (κ3) is 4.86. The predicted octanol–water partition coefficient (Wildman–Crippen LogP) is 0.882. The molecule has 1 atom stereocenters. The van der Waals surface area contributed by atoms with Crippen LogP contribution in [0.15, 0.2) is 0 Å². The van der Waals surface area contributed by atoms with Crippen molar-refractivity contribution in [3.8, 4) is 0 Å². The van der Waals surface area contributed by atoms with Gasteiger partial charge in [0.1, 0.15) is 0 Å². The highest BCUT2D eigenvalue weighted by Crippen LogP contribution is 2.12. The van der Waals surface area contributed by atoms with E-state index in [-0.39, 0.29) is 18.6 Å². The highest BCUT2D eigenvalue weighted by atomic mass is 32.2. The summed E-state index contributed by atoms with van der Waals surface area (Å²) < 4.78 is 0. The van der Waals surface area contributed by atoms with Crippen LogP contribution in [0.5, 0.6) is 0 Å². The Morgan fingerprint density at radius 3 is 2.35 bits per heavy atom. The Bertz CT molecular complexity index is 333. The summed E-state index contributed by atoms with van der Waals surface area (Å²) in [5.41, 5.74) is 0. The van der Waals surface area contributed by atoms with Crippen LogP contribution in [0.2, 0.25) is 0 Å². The summed E-state index contributed by atoms with van der Waals surface area (Å²) in [6.45, 7) is 4.62. The molecular weight excluding hydrogens is 278 g/mol. The lowest BCUT2D eigenvalue weighted by atomic mass is 10.2. The van der Waals surface area contributed by atoms with Crippen molar-refractivity contribution < 1.29 is 14.7 Å². The molecule has 1 aliphatic rings. The lowest BCUT2D eigenvalue weighted by Crippen LogP contribution is -2.54. The van der Waals surface area contributed by atoms with Crippen LogP contribution in [0.3, 0.4) is 0 Å². The molecule has 0 aromatic carbocycles. The minimum Gasteiger partial charge on any atom is -0.480 e. The molecule has 0 aliphatic carbocycles. The first-order valence-corrected chi connectivity index (χ1v) is 8.33. The van der Waals surface area contributed by atoms with Crippen molar-refractivity contribution in [1.82, 2.24) is 14.7 Å². The number of amides is 2. The molecule has 0 saturated carbocycles. The van der Waals surface area contributed by atoms with Crippen molar-refractivity contribution >= 4 is 23.8 Å². The van der Waals surface area contributed by atoms with E-state index in [1.807, 2.05) is 28.0 Å². The van der Waals surface area contributed by atoms with E-state index >= 15 is 0 Å². The quantitative estimate of drug-likeness (QED) is 0.789. The molecule has 1 unspecified atom stereocenters. The first-order chi connectivity index (χ1) is 9.49. The monoisotopic (exact) mass is 303 g/mol. The number of carboxylic acid groups (broad SMARTS) is 1. The number of piperazine rings is 1. The predicted molar refractivity (Wildman–Crippen MR) is 81.3 cm³/mol. The number of carboxylic acids is 1. The maximum atomic E-state index is 12.4. The van der Waals surface area contributed by atoms with Gasteiger partial charge in [-0.2, -0.15) is 11.8 Å². The third-order valence-corrected chi connectivity index (χ3v) is 4.40. The summed E-state index contributed by atoms with van der Waals surface area (Å²) >= 11 is 1.75. The van der Waals surface area contributed by atoms with Gasteiger partial charge in [-0.05, 0) is 12.7 Å². The lowest BCUT2D eigenvalue weighted by molar-refractivity contribution is -0.138. The Morgan fingerprint density at radius 2 is 1.90 bits per heavy atom. The number of hydrogen-bond donors (Lipinski definition) is 1. The fourth-order valence-corrected chi connectivity index (χ4v) is 3.21. The van der Waals surface area contributed by atoms with E-state index in [1.54, 1.807) is 11.8 Å². The van der Waals surface area contributed by atoms with Crippen molar-refractivity contribution in [1.29, 1.82) is 0 Å². The molecule has 0 aromatic heterocycles. The van der Waals surface area contributed by atoms with Crippen LogP contribution in [0.4, 0.5) is 4.79 Å². The van der Waals surface area contributed by atoms with Gasteiger partial charge in [0.05, 0.1) is 6.54 Å². The van der Waals surface area contributed by atoms with Gasteiger partial charge in [-0.3, -0.25) is 9.69 Å². The number of carbonyl (C=O) groups is 2. The summed E-state index contributed by atoms with van der Waals surface area (Å²) in [4.78, 5) is 28.6. The summed E-state index contributed by atoms with van der Waals surface area (Å²) in [7, 11) is 1.86. The molecule has 0 radical (unpaired) electrons. The van der Waals surface area contributed by atoms with Crippen molar-refractivity contribution in [2.75, 3.05) is 51.8 Å². The van der Waals surface area contributed by atoms with Crippen LogP contribution in [-0.4, -0.2) is 89.6 Å². The van der Waals surface area contributed by atoms with E-state index in [1.165, 1.54) is 0 Å². The SMILES string of the molecule is CCC(CSC)N(C)C(=O)N1CCN(CC(=O)O)CC1. The zero-order valence-corrected chi connectivity index (χ0v) is 13.4. The number of nitrogens with zero attached hydrogens (tertiary/aromatic N) is 3. The van der Waals surface area contributed by atoms with Gasteiger partial charge in [0, 0.05) is 45.0 Å². The minimum atomic E-state index is -0.812. The normalized spacial score (nSPS) is 17.9. The van der Waals surface area contributed by atoms with Gasteiger partial charge in [-0.1, -0.05) is 6.92 Å². The van der Waals surface area contributed by atoms with E-state index in [4.69, 9.17) is 5.11 Å². The summed E-state index contributed by atoms with van der Waals surface area (Å²) in [5, 5.41) is 8.76. The van der Waals surface area contributed by atoms with Crippen LogP contribution in [-0.2, 0) is 4.79 Å². The Balaban J connectivity index is 2.47. The lowest BCUT2D eigenvalue weighted by Gasteiger charge is -2.38. The van der Waals surface area contributed by atoms with Crippen molar-refractivity contribution in [3.63, 3.8) is 0 Å².